The highest BCUT2D eigenvalue weighted by atomic mass is 127. The summed E-state index contributed by atoms with van der Waals surface area (Å²) in [6, 6.07) is 2.01. The topological polar surface area (TPSA) is 63.4 Å². The van der Waals surface area contributed by atoms with Gasteiger partial charge in [0.05, 0.1) is 4.92 Å². The molecule has 1 rings (SSSR count). The van der Waals surface area contributed by atoms with Gasteiger partial charge in [-0.25, -0.2) is 4.39 Å². The van der Waals surface area contributed by atoms with Crippen molar-refractivity contribution in [1.82, 2.24) is 0 Å². The highest BCUT2D eigenvalue weighted by Gasteiger charge is 2.17. The molecule has 0 bridgehead atoms. The molecule has 64 valence electrons. The van der Waals surface area contributed by atoms with E-state index in [9.17, 15) is 14.5 Å². The highest BCUT2D eigenvalue weighted by molar-refractivity contribution is 14.1. The Morgan fingerprint density at radius 2 is 2.17 bits per heavy atom. The zero-order chi connectivity index (χ0) is 9.30. The van der Waals surface area contributed by atoms with Crippen LogP contribution in [0.15, 0.2) is 12.1 Å². The zero-order valence-electron chi connectivity index (χ0n) is 5.62. The molecule has 0 spiro atoms. The van der Waals surface area contributed by atoms with Gasteiger partial charge in [0.2, 0.25) is 0 Å². The van der Waals surface area contributed by atoms with Gasteiger partial charge in [0.1, 0.15) is 3.57 Å². The van der Waals surface area contributed by atoms with Crippen LogP contribution in [-0.4, -0.2) is 10.0 Å². The van der Waals surface area contributed by atoms with Crippen molar-refractivity contribution >= 4 is 28.3 Å². The van der Waals surface area contributed by atoms with Crippen LogP contribution in [0.25, 0.3) is 0 Å². The Bertz CT molecular complexity index is 342. The lowest BCUT2D eigenvalue weighted by molar-refractivity contribution is -0.386. The minimum Gasteiger partial charge on any atom is -0.505 e. The van der Waals surface area contributed by atoms with E-state index in [4.69, 9.17) is 5.11 Å². The molecular formula is C6H3FINO3. The normalized spacial score (nSPS) is 9.83. The quantitative estimate of drug-likeness (QED) is 0.487. The third-order valence-corrected chi connectivity index (χ3v) is 2.26. The van der Waals surface area contributed by atoms with Crippen LogP contribution < -0.4 is 0 Å². The number of aromatic hydroxyl groups is 1. The standard InChI is InChI=1S/C6H3FINO3/c7-5-4(10)2-1-3(6(5)8)9(11)12/h1-2,10H. The first-order valence-corrected chi connectivity index (χ1v) is 3.93. The SMILES string of the molecule is O=[N+]([O-])c1ccc(O)c(F)c1I. The van der Waals surface area contributed by atoms with Crippen molar-refractivity contribution in [3.8, 4) is 5.75 Å². The molecule has 0 aliphatic carbocycles. The highest BCUT2D eigenvalue weighted by Crippen LogP contribution is 2.28. The van der Waals surface area contributed by atoms with E-state index in [-0.39, 0.29) is 9.26 Å². The molecule has 0 saturated carbocycles. The molecule has 0 unspecified atom stereocenters. The summed E-state index contributed by atoms with van der Waals surface area (Å²) in [4.78, 5) is 9.53. The minimum absolute atomic E-state index is 0.183. The van der Waals surface area contributed by atoms with Crippen molar-refractivity contribution in [2.24, 2.45) is 0 Å². The van der Waals surface area contributed by atoms with E-state index in [1.165, 1.54) is 22.6 Å². The molecule has 6 heteroatoms. The third kappa shape index (κ3) is 1.47. The third-order valence-electron chi connectivity index (χ3n) is 1.24. The first-order chi connectivity index (χ1) is 5.54. The lowest BCUT2D eigenvalue weighted by atomic mass is 10.3. The maximum atomic E-state index is 12.8. The lowest BCUT2D eigenvalue weighted by Crippen LogP contribution is -1.93. The van der Waals surface area contributed by atoms with Crippen LogP contribution in [0.3, 0.4) is 0 Å². The number of rotatable bonds is 1. The molecule has 0 aliphatic heterocycles. The average molecular weight is 283 g/mol. The Morgan fingerprint density at radius 1 is 1.58 bits per heavy atom. The predicted octanol–water partition coefficient (Wildman–Crippen LogP) is 2.04. The van der Waals surface area contributed by atoms with Gasteiger partial charge in [-0.15, -0.1) is 0 Å². The Balaban J connectivity index is 3.36. The number of nitro benzene ring substituents is 1. The Morgan fingerprint density at radius 3 is 2.67 bits per heavy atom. The summed E-state index contributed by atoms with van der Waals surface area (Å²) in [5, 5.41) is 19.0. The number of phenols is 1. The van der Waals surface area contributed by atoms with Crippen molar-refractivity contribution in [2.45, 2.75) is 0 Å². The average Bonchev–Trinajstić information content (AvgIpc) is 2.00. The van der Waals surface area contributed by atoms with E-state index in [0.29, 0.717) is 0 Å². The molecular weight excluding hydrogens is 280 g/mol. The van der Waals surface area contributed by atoms with Gasteiger partial charge in [-0.2, -0.15) is 0 Å². The van der Waals surface area contributed by atoms with E-state index in [1.54, 1.807) is 0 Å². The smallest absolute Gasteiger partial charge is 0.285 e. The molecule has 12 heavy (non-hydrogen) atoms. The van der Waals surface area contributed by atoms with Crippen molar-refractivity contribution in [1.29, 1.82) is 0 Å². The first kappa shape index (κ1) is 9.17. The number of benzene rings is 1. The molecule has 0 aromatic heterocycles. The van der Waals surface area contributed by atoms with Crippen molar-refractivity contribution in [2.75, 3.05) is 0 Å². The first-order valence-electron chi connectivity index (χ1n) is 2.85. The van der Waals surface area contributed by atoms with Crippen LogP contribution in [0.1, 0.15) is 0 Å². The van der Waals surface area contributed by atoms with Gasteiger partial charge in [0.15, 0.2) is 11.6 Å². The fourth-order valence-electron chi connectivity index (χ4n) is 0.670. The van der Waals surface area contributed by atoms with Crippen LogP contribution >= 0.6 is 22.6 Å². The lowest BCUT2D eigenvalue weighted by Gasteiger charge is -1.98. The number of hydrogen-bond donors (Lipinski definition) is 1. The van der Waals surface area contributed by atoms with E-state index in [0.717, 1.165) is 12.1 Å². The fraction of sp³-hybridized carbons (Fsp3) is 0. The number of hydrogen-bond acceptors (Lipinski definition) is 3. The number of nitrogens with zero attached hydrogens (tertiary/aromatic N) is 1. The molecule has 0 amide bonds. The van der Waals surface area contributed by atoms with Crippen LogP contribution in [0.5, 0.6) is 5.75 Å². The molecule has 1 aromatic rings. The Kier molecular flexibility index (Phi) is 2.46. The number of nitro groups is 1. The van der Waals surface area contributed by atoms with Gasteiger partial charge in [0.25, 0.3) is 5.69 Å². The van der Waals surface area contributed by atoms with Gasteiger partial charge in [-0.1, -0.05) is 0 Å². The number of halogens is 2. The maximum absolute atomic E-state index is 12.8. The summed E-state index contributed by atoms with van der Waals surface area (Å²) in [6.07, 6.45) is 0. The molecule has 0 heterocycles. The van der Waals surface area contributed by atoms with E-state index < -0.39 is 16.5 Å². The van der Waals surface area contributed by atoms with Gasteiger partial charge in [-0.05, 0) is 28.7 Å². The minimum atomic E-state index is -0.954. The zero-order valence-corrected chi connectivity index (χ0v) is 7.78. The van der Waals surface area contributed by atoms with Crippen LogP contribution in [0.2, 0.25) is 0 Å². The summed E-state index contributed by atoms with van der Waals surface area (Å²) in [7, 11) is 0. The van der Waals surface area contributed by atoms with Crippen molar-refractivity contribution in [3.05, 3.63) is 31.6 Å². The molecule has 0 atom stereocenters. The van der Waals surface area contributed by atoms with E-state index >= 15 is 0 Å². The predicted molar refractivity (Wildman–Crippen MR) is 47.4 cm³/mol. The van der Waals surface area contributed by atoms with Crippen molar-refractivity contribution < 1.29 is 14.4 Å². The molecule has 0 fully saturated rings. The van der Waals surface area contributed by atoms with Gasteiger partial charge in [-0.3, -0.25) is 10.1 Å². The molecule has 1 N–H and O–H groups in total. The van der Waals surface area contributed by atoms with Crippen LogP contribution in [0.4, 0.5) is 10.1 Å². The fourth-order valence-corrected chi connectivity index (χ4v) is 1.32. The Hall–Kier alpha value is -0.920. The van der Waals surface area contributed by atoms with E-state index in [1.807, 2.05) is 0 Å². The molecule has 1 aromatic carbocycles. The maximum Gasteiger partial charge on any atom is 0.285 e. The summed E-state index contributed by atoms with van der Waals surface area (Å²) < 4.78 is 12.6. The van der Waals surface area contributed by atoms with Gasteiger partial charge in [0, 0.05) is 6.07 Å². The molecule has 0 saturated heterocycles. The second-order valence-corrected chi connectivity index (χ2v) is 3.07. The summed E-state index contributed by atoms with van der Waals surface area (Å²) >= 11 is 1.47. The summed E-state index contributed by atoms with van der Waals surface area (Å²) in [6.45, 7) is 0. The van der Waals surface area contributed by atoms with Crippen LogP contribution in [-0.2, 0) is 0 Å². The Labute approximate surface area is 80.3 Å². The second-order valence-electron chi connectivity index (χ2n) is 1.99. The van der Waals surface area contributed by atoms with Gasteiger partial charge >= 0.3 is 0 Å². The largest absolute Gasteiger partial charge is 0.505 e. The van der Waals surface area contributed by atoms with Gasteiger partial charge < -0.3 is 5.11 Å². The molecule has 0 aliphatic rings. The number of phenolic OH excluding ortho intramolecular Hbond substituents is 1. The monoisotopic (exact) mass is 283 g/mol. The summed E-state index contributed by atoms with van der Waals surface area (Å²) in [5.74, 6) is -1.53. The van der Waals surface area contributed by atoms with Crippen LogP contribution in [0, 0.1) is 19.5 Å². The van der Waals surface area contributed by atoms with E-state index in [2.05, 4.69) is 0 Å². The molecule has 0 radical (unpaired) electrons. The van der Waals surface area contributed by atoms with Crippen molar-refractivity contribution in [3.63, 3.8) is 0 Å². The summed E-state index contributed by atoms with van der Waals surface area (Å²) in [5.41, 5.74) is -0.342. The second kappa shape index (κ2) is 3.21. The molecule has 4 nitrogen and oxygen atoms in total.